The van der Waals surface area contributed by atoms with E-state index in [1.54, 1.807) is 0 Å². The van der Waals surface area contributed by atoms with E-state index in [2.05, 4.69) is 24.1 Å². The number of nitrogens with one attached hydrogen (secondary N) is 1. The quantitative estimate of drug-likeness (QED) is 0.593. The van der Waals surface area contributed by atoms with E-state index < -0.39 is 0 Å². The molecule has 0 saturated carbocycles. The largest absolute Gasteiger partial charge is 0.350 e. The Kier molecular flexibility index (Phi) is 2.49. The van der Waals surface area contributed by atoms with Gasteiger partial charge in [0.15, 0.2) is 0 Å². The van der Waals surface area contributed by atoms with Crippen LogP contribution in [0.2, 0.25) is 0 Å². The van der Waals surface area contributed by atoms with Crippen molar-refractivity contribution in [2.75, 3.05) is 13.1 Å². The highest BCUT2D eigenvalue weighted by atomic mass is 16.2. The van der Waals surface area contributed by atoms with Crippen LogP contribution in [0.15, 0.2) is 0 Å². The third-order valence-corrected chi connectivity index (χ3v) is 2.32. The topological polar surface area (TPSA) is 32.3 Å². The lowest BCUT2D eigenvalue weighted by Crippen LogP contribution is -2.67. The molecule has 1 heterocycles. The van der Waals surface area contributed by atoms with Crippen molar-refractivity contribution in [3.05, 3.63) is 0 Å². The number of rotatable bonds is 3. The van der Waals surface area contributed by atoms with E-state index in [4.69, 9.17) is 0 Å². The molecule has 0 aromatic heterocycles. The predicted octanol–water partition coefficient (Wildman–Crippen LogP) is 0.215. The number of nitrogens with zero attached hydrogens (tertiary/aromatic N) is 1. The molecule has 1 saturated heterocycles. The van der Waals surface area contributed by atoms with Crippen molar-refractivity contribution in [2.45, 2.75) is 32.9 Å². The average molecular weight is 156 g/mol. The molecule has 0 aromatic carbocycles. The van der Waals surface area contributed by atoms with Crippen LogP contribution in [-0.2, 0) is 4.79 Å². The van der Waals surface area contributed by atoms with Gasteiger partial charge in [-0.2, -0.15) is 0 Å². The van der Waals surface area contributed by atoms with Crippen LogP contribution in [-0.4, -0.2) is 36.0 Å². The average Bonchev–Trinajstić information content (AvgIpc) is 2.00. The lowest BCUT2D eigenvalue weighted by atomic mass is 9.99. The summed E-state index contributed by atoms with van der Waals surface area (Å²) in [4.78, 5) is 13.2. The van der Waals surface area contributed by atoms with Gasteiger partial charge in [0.2, 0.25) is 5.91 Å². The molecule has 11 heavy (non-hydrogen) atoms. The normalized spacial score (nSPS) is 30.0. The van der Waals surface area contributed by atoms with Crippen LogP contribution in [0.25, 0.3) is 0 Å². The van der Waals surface area contributed by atoms with Gasteiger partial charge in [-0.3, -0.25) is 9.69 Å². The number of β-lactam (4-membered cyclic amide) rings is 1. The molecular weight excluding hydrogens is 140 g/mol. The number of hydrogen-bond donors (Lipinski definition) is 1. The van der Waals surface area contributed by atoms with Crippen molar-refractivity contribution < 1.29 is 4.79 Å². The fourth-order valence-electron chi connectivity index (χ4n) is 1.62. The van der Waals surface area contributed by atoms with Crippen LogP contribution < -0.4 is 5.32 Å². The first-order valence-corrected chi connectivity index (χ1v) is 4.25. The van der Waals surface area contributed by atoms with Crippen LogP contribution in [0.4, 0.5) is 0 Å². The van der Waals surface area contributed by atoms with Gasteiger partial charge in [0.1, 0.15) is 6.04 Å². The molecule has 1 amide bonds. The van der Waals surface area contributed by atoms with Gasteiger partial charge in [0.05, 0.1) is 6.04 Å². The van der Waals surface area contributed by atoms with Gasteiger partial charge in [0, 0.05) is 0 Å². The molecule has 0 aromatic rings. The minimum Gasteiger partial charge on any atom is -0.350 e. The van der Waals surface area contributed by atoms with E-state index in [-0.39, 0.29) is 11.9 Å². The Hall–Kier alpha value is -0.570. The van der Waals surface area contributed by atoms with E-state index in [0.717, 1.165) is 13.1 Å². The molecule has 0 radical (unpaired) electrons. The fraction of sp³-hybridized carbons (Fsp3) is 0.875. The first-order valence-electron chi connectivity index (χ1n) is 4.25. The number of carbonyl (C=O) groups is 1. The van der Waals surface area contributed by atoms with Gasteiger partial charge >= 0.3 is 0 Å². The predicted molar refractivity (Wildman–Crippen MR) is 44.3 cm³/mol. The zero-order valence-electron chi connectivity index (χ0n) is 7.42. The summed E-state index contributed by atoms with van der Waals surface area (Å²) in [5.41, 5.74) is 0. The van der Waals surface area contributed by atoms with Crippen LogP contribution in [0.1, 0.15) is 20.8 Å². The molecule has 1 N–H and O–H groups in total. The van der Waals surface area contributed by atoms with Crippen LogP contribution in [0, 0.1) is 0 Å². The molecule has 1 rings (SSSR count). The maximum Gasteiger partial charge on any atom is 0.239 e. The van der Waals surface area contributed by atoms with Crippen molar-refractivity contribution in [2.24, 2.45) is 0 Å². The van der Waals surface area contributed by atoms with Gasteiger partial charge < -0.3 is 5.32 Å². The molecule has 0 aliphatic carbocycles. The zero-order chi connectivity index (χ0) is 8.43. The zero-order valence-corrected chi connectivity index (χ0v) is 7.42. The van der Waals surface area contributed by atoms with Gasteiger partial charge in [0.25, 0.3) is 0 Å². The van der Waals surface area contributed by atoms with Crippen LogP contribution >= 0.6 is 0 Å². The van der Waals surface area contributed by atoms with Gasteiger partial charge in [-0.1, -0.05) is 13.8 Å². The smallest absolute Gasteiger partial charge is 0.239 e. The number of amides is 1. The molecule has 0 unspecified atom stereocenters. The molecule has 1 aliphatic heterocycles. The van der Waals surface area contributed by atoms with E-state index >= 15 is 0 Å². The molecule has 3 nitrogen and oxygen atoms in total. The Morgan fingerprint density at radius 3 is 2.18 bits per heavy atom. The third kappa shape index (κ3) is 1.38. The SMILES string of the molecule is CCN(CC)[C@H]1C(=O)N[C@@H]1C. The number of likely N-dealkylation sites (N-methyl/N-ethyl adjacent to an activating group) is 1. The summed E-state index contributed by atoms with van der Waals surface area (Å²) in [5, 5.41) is 2.82. The van der Waals surface area contributed by atoms with E-state index in [9.17, 15) is 4.79 Å². The lowest BCUT2D eigenvalue weighted by molar-refractivity contribution is -0.136. The van der Waals surface area contributed by atoms with Crippen molar-refractivity contribution >= 4 is 5.91 Å². The molecule has 2 atom stereocenters. The molecule has 0 spiro atoms. The van der Waals surface area contributed by atoms with Crippen molar-refractivity contribution in [3.63, 3.8) is 0 Å². The summed E-state index contributed by atoms with van der Waals surface area (Å²) < 4.78 is 0. The number of hydrogen-bond acceptors (Lipinski definition) is 2. The summed E-state index contributed by atoms with van der Waals surface area (Å²) in [6, 6.07) is 0.465. The minimum atomic E-state index is 0.130. The first kappa shape index (κ1) is 8.53. The highest BCUT2D eigenvalue weighted by molar-refractivity contribution is 5.89. The van der Waals surface area contributed by atoms with Crippen LogP contribution in [0.5, 0.6) is 0 Å². The second-order valence-electron chi connectivity index (χ2n) is 2.96. The maximum atomic E-state index is 11.0. The Morgan fingerprint density at radius 2 is 2.00 bits per heavy atom. The molecule has 64 valence electrons. The Morgan fingerprint density at radius 1 is 1.45 bits per heavy atom. The van der Waals surface area contributed by atoms with Crippen molar-refractivity contribution in [1.29, 1.82) is 0 Å². The summed E-state index contributed by atoms with van der Waals surface area (Å²) in [6.45, 7) is 8.13. The highest BCUT2D eigenvalue weighted by Crippen LogP contribution is 2.12. The lowest BCUT2D eigenvalue weighted by Gasteiger charge is -2.41. The summed E-state index contributed by atoms with van der Waals surface area (Å²) in [7, 11) is 0. The van der Waals surface area contributed by atoms with Gasteiger partial charge in [-0.05, 0) is 20.0 Å². The Labute approximate surface area is 67.8 Å². The van der Waals surface area contributed by atoms with Crippen LogP contribution in [0.3, 0.4) is 0 Å². The molecule has 1 aliphatic rings. The second kappa shape index (κ2) is 3.22. The maximum absolute atomic E-state index is 11.0. The van der Waals surface area contributed by atoms with E-state index in [1.807, 2.05) is 6.92 Å². The summed E-state index contributed by atoms with van der Waals surface area (Å²) in [6.07, 6.45) is 0. The van der Waals surface area contributed by atoms with E-state index in [0.29, 0.717) is 6.04 Å². The van der Waals surface area contributed by atoms with Crippen molar-refractivity contribution in [1.82, 2.24) is 10.2 Å². The molecule has 1 fully saturated rings. The Bertz CT molecular complexity index is 154. The second-order valence-corrected chi connectivity index (χ2v) is 2.96. The fourth-order valence-corrected chi connectivity index (χ4v) is 1.62. The Balaban J connectivity index is 2.50. The number of carbonyl (C=O) groups excluding carboxylic acids is 1. The standard InChI is InChI=1S/C8H16N2O/c1-4-10(5-2)7-6(3)9-8(7)11/h6-7H,4-5H2,1-3H3,(H,9,11)/t6-,7-/m1/s1. The monoisotopic (exact) mass is 156 g/mol. The van der Waals surface area contributed by atoms with E-state index in [1.165, 1.54) is 0 Å². The molecule has 0 bridgehead atoms. The van der Waals surface area contributed by atoms with Crippen molar-refractivity contribution in [3.8, 4) is 0 Å². The molecular formula is C8H16N2O. The third-order valence-electron chi connectivity index (χ3n) is 2.32. The summed E-state index contributed by atoms with van der Waals surface area (Å²) >= 11 is 0. The highest BCUT2D eigenvalue weighted by Gasteiger charge is 2.38. The van der Waals surface area contributed by atoms with Gasteiger partial charge in [-0.25, -0.2) is 0 Å². The van der Waals surface area contributed by atoms with Gasteiger partial charge in [-0.15, -0.1) is 0 Å². The first-order chi connectivity index (χ1) is 5.20. The minimum absolute atomic E-state index is 0.130. The molecule has 3 heteroatoms. The summed E-state index contributed by atoms with van der Waals surface area (Å²) in [5.74, 6) is 0.182.